The van der Waals surface area contributed by atoms with Crippen LogP contribution in [-0.2, 0) is 0 Å². The summed E-state index contributed by atoms with van der Waals surface area (Å²) in [6.45, 7) is 0. The number of para-hydroxylation sites is 1. The van der Waals surface area contributed by atoms with Crippen LogP contribution in [0.3, 0.4) is 0 Å². The van der Waals surface area contributed by atoms with Crippen LogP contribution in [0.15, 0.2) is 84.9 Å². The first-order valence-electron chi connectivity index (χ1n) is 19.8. The fraction of sp³-hybridized carbons (Fsp3) is 0.522. The lowest BCUT2D eigenvalue weighted by Crippen LogP contribution is -2.61. The zero-order valence-electron chi connectivity index (χ0n) is 28.1. The SMILES string of the molecule is c1cc(C2CC3C4CCCCC4C4CCCC5C6CCCCC6C(C2)C3C45)cc(-n2c3ccccc3c3ccc4ccccc4c32)c1. The van der Waals surface area contributed by atoms with Crippen LogP contribution in [-0.4, -0.2) is 4.57 Å². The van der Waals surface area contributed by atoms with Crippen LogP contribution >= 0.6 is 0 Å². The maximum Gasteiger partial charge on any atom is 0.0619 e. The molecule has 0 saturated heterocycles. The molecule has 0 amide bonds. The number of fused-ring (bicyclic) bond motifs is 11. The largest absolute Gasteiger partial charge is 0.309 e. The summed E-state index contributed by atoms with van der Waals surface area (Å²) in [5, 5.41) is 5.43. The van der Waals surface area contributed by atoms with Crippen molar-refractivity contribution in [1.82, 2.24) is 4.57 Å². The van der Waals surface area contributed by atoms with Gasteiger partial charge in [-0.3, -0.25) is 0 Å². The van der Waals surface area contributed by atoms with Gasteiger partial charge in [0.25, 0.3) is 0 Å². The highest BCUT2D eigenvalue weighted by atomic mass is 15.0. The van der Waals surface area contributed by atoms with Gasteiger partial charge in [0.15, 0.2) is 0 Å². The summed E-state index contributed by atoms with van der Waals surface area (Å²) >= 11 is 0. The van der Waals surface area contributed by atoms with Crippen LogP contribution in [0.1, 0.15) is 95.0 Å². The second kappa shape index (κ2) is 10.7. The molecule has 1 aromatic heterocycles. The number of benzene rings is 4. The first-order chi connectivity index (χ1) is 23.3. The van der Waals surface area contributed by atoms with Crippen molar-refractivity contribution in [3.8, 4) is 5.69 Å². The molecule has 0 radical (unpaired) electrons. The van der Waals surface area contributed by atoms with E-state index in [4.69, 9.17) is 0 Å². The Kier molecular flexibility index (Phi) is 6.35. The van der Waals surface area contributed by atoms with Gasteiger partial charge >= 0.3 is 0 Å². The average molecular weight is 618 g/mol. The monoisotopic (exact) mass is 617 g/mol. The molecule has 0 aliphatic heterocycles. The van der Waals surface area contributed by atoms with E-state index in [0.717, 1.165) is 59.2 Å². The first kappa shape index (κ1) is 27.8. The quantitative estimate of drug-likeness (QED) is 0.186. The lowest BCUT2D eigenvalue weighted by atomic mass is 9.37. The molecule has 0 spiro atoms. The molecule has 240 valence electrons. The van der Waals surface area contributed by atoms with Gasteiger partial charge in [-0.05, 0) is 146 Å². The van der Waals surface area contributed by atoms with E-state index in [2.05, 4.69) is 89.5 Å². The predicted octanol–water partition coefficient (Wildman–Crippen LogP) is 12.3. The van der Waals surface area contributed by atoms with Crippen molar-refractivity contribution < 1.29 is 0 Å². The summed E-state index contributed by atoms with van der Waals surface area (Å²) in [5.41, 5.74) is 5.70. The Morgan fingerprint density at radius 2 is 1.04 bits per heavy atom. The predicted molar refractivity (Wildman–Crippen MR) is 196 cm³/mol. The third kappa shape index (κ3) is 4.01. The minimum absolute atomic E-state index is 0.716. The highest BCUT2D eigenvalue weighted by Gasteiger charge is 2.63. The summed E-state index contributed by atoms with van der Waals surface area (Å²) in [6.07, 6.45) is 19.9. The molecule has 6 aliphatic carbocycles. The minimum Gasteiger partial charge on any atom is -0.309 e. The summed E-state index contributed by atoms with van der Waals surface area (Å²) in [6, 6.07) is 32.8. The van der Waals surface area contributed by atoms with E-state index in [1.54, 1.807) is 50.5 Å². The van der Waals surface area contributed by atoms with E-state index in [-0.39, 0.29) is 0 Å². The van der Waals surface area contributed by atoms with Crippen molar-refractivity contribution in [2.75, 3.05) is 0 Å². The zero-order chi connectivity index (χ0) is 30.6. The average Bonchev–Trinajstić information content (AvgIpc) is 3.49. The number of hydrogen-bond donors (Lipinski definition) is 0. The van der Waals surface area contributed by atoms with Crippen LogP contribution < -0.4 is 0 Å². The molecule has 1 nitrogen and oxygen atoms in total. The highest BCUT2D eigenvalue weighted by Crippen LogP contribution is 2.70. The van der Waals surface area contributed by atoms with Crippen LogP contribution in [0, 0.1) is 59.2 Å². The van der Waals surface area contributed by atoms with Gasteiger partial charge in [-0.15, -0.1) is 0 Å². The third-order valence-corrected chi connectivity index (χ3v) is 15.7. The van der Waals surface area contributed by atoms with Crippen LogP contribution in [0.25, 0.3) is 38.3 Å². The second-order valence-electron chi connectivity index (χ2n) is 17.3. The summed E-state index contributed by atoms with van der Waals surface area (Å²) in [7, 11) is 0. The van der Waals surface area contributed by atoms with Crippen molar-refractivity contribution >= 4 is 32.6 Å². The third-order valence-electron chi connectivity index (χ3n) is 15.7. The Morgan fingerprint density at radius 3 is 1.77 bits per heavy atom. The van der Waals surface area contributed by atoms with Gasteiger partial charge in [-0.1, -0.05) is 98.8 Å². The molecule has 6 aliphatic rings. The van der Waals surface area contributed by atoms with Crippen molar-refractivity contribution in [3.63, 3.8) is 0 Å². The molecule has 0 bridgehead atoms. The fourth-order valence-corrected chi connectivity index (χ4v) is 14.4. The Labute approximate surface area is 281 Å². The Balaban J connectivity index is 1.04. The lowest BCUT2D eigenvalue weighted by molar-refractivity contribution is -0.189. The van der Waals surface area contributed by atoms with E-state index in [1.165, 1.54) is 76.8 Å². The fourth-order valence-electron chi connectivity index (χ4n) is 14.4. The van der Waals surface area contributed by atoms with E-state index < -0.39 is 0 Å². The van der Waals surface area contributed by atoms with E-state index in [1.807, 2.05) is 0 Å². The van der Waals surface area contributed by atoms with Crippen molar-refractivity contribution in [1.29, 1.82) is 0 Å². The Morgan fingerprint density at radius 1 is 0.447 bits per heavy atom. The molecule has 0 N–H and O–H groups in total. The molecule has 6 saturated carbocycles. The summed E-state index contributed by atoms with van der Waals surface area (Å²) in [5.74, 6) is 11.1. The molecule has 1 heteroatoms. The number of aromatic nitrogens is 1. The van der Waals surface area contributed by atoms with Gasteiger partial charge in [-0.25, -0.2) is 0 Å². The molecule has 8 unspecified atom stereocenters. The Hall–Kier alpha value is -3.06. The first-order valence-corrected chi connectivity index (χ1v) is 19.8. The van der Waals surface area contributed by atoms with Gasteiger partial charge in [0.1, 0.15) is 0 Å². The minimum atomic E-state index is 0.716. The summed E-state index contributed by atoms with van der Waals surface area (Å²) < 4.78 is 2.61. The number of nitrogens with zero attached hydrogens (tertiary/aromatic N) is 1. The molecule has 6 fully saturated rings. The van der Waals surface area contributed by atoms with Crippen molar-refractivity contribution in [2.24, 2.45) is 59.2 Å². The van der Waals surface area contributed by atoms with E-state index in [9.17, 15) is 0 Å². The molecular weight excluding hydrogens is 567 g/mol. The van der Waals surface area contributed by atoms with Gasteiger partial charge < -0.3 is 4.57 Å². The smallest absolute Gasteiger partial charge is 0.0619 e. The highest BCUT2D eigenvalue weighted by molar-refractivity contribution is 6.18. The molecular formula is C46H51N. The maximum atomic E-state index is 2.65. The van der Waals surface area contributed by atoms with Crippen LogP contribution in [0.2, 0.25) is 0 Å². The standard InChI is InChI=1S/C46H51N/c1-2-14-32-28(11-1)23-24-40-37-19-7-8-22-43(37)47(46(32)40)31-13-9-12-29(25-31)30-26-41-35-17-5-3-15-33(35)38-20-10-21-39-34-16-4-6-18-36(34)42(27-30)45(41)44(38)39/h1-2,7-9,11-14,19,22-25,30,33-36,38-39,41-42,44-45H,3-6,10,15-18,20-21,26-27H2. The second-order valence-corrected chi connectivity index (χ2v) is 17.3. The molecule has 11 rings (SSSR count). The van der Waals surface area contributed by atoms with Gasteiger partial charge in [0.2, 0.25) is 0 Å². The van der Waals surface area contributed by atoms with Crippen molar-refractivity contribution in [3.05, 3.63) is 90.5 Å². The molecule has 4 aromatic carbocycles. The van der Waals surface area contributed by atoms with Gasteiger partial charge in [0, 0.05) is 21.8 Å². The molecule has 47 heavy (non-hydrogen) atoms. The topological polar surface area (TPSA) is 4.93 Å². The van der Waals surface area contributed by atoms with E-state index >= 15 is 0 Å². The van der Waals surface area contributed by atoms with E-state index in [0.29, 0.717) is 5.92 Å². The van der Waals surface area contributed by atoms with Crippen molar-refractivity contribution in [2.45, 2.75) is 89.4 Å². The van der Waals surface area contributed by atoms with Crippen LogP contribution in [0.4, 0.5) is 0 Å². The number of rotatable bonds is 2. The molecule has 8 atom stereocenters. The maximum absolute atomic E-state index is 2.65. The Bertz CT molecular complexity index is 1940. The number of hydrogen-bond acceptors (Lipinski definition) is 0. The molecule has 1 heterocycles. The normalized spacial score (nSPS) is 37.7. The van der Waals surface area contributed by atoms with Crippen LogP contribution in [0.5, 0.6) is 0 Å². The lowest BCUT2D eigenvalue weighted by Gasteiger charge is -2.68. The van der Waals surface area contributed by atoms with Gasteiger partial charge in [0.05, 0.1) is 11.0 Å². The molecule has 5 aromatic rings. The van der Waals surface area contributed by atoms with Gasteiger partial charge in [-0.2, -0.15) is 0 Å². The summed E-state index contributed by atoms with van der Waals surface area (Å²) in [4.78, 5) is 0. The zero-order valence-corrected chi connectivity index (χ0v) is 28.1.